The van der Waals surface area contributed by atoms with Gasteiger partial charge < -0.3 is 9.32 Å². The first-order valence-electron chi connectivity index (χ1n) is 18.7. The van der Waals surface area contributed by atoms with E-state index in [-0.39, 0.29) is 0 Å². The molecule has 11 rings (SSSR count). The van der Waals surface area contributed by atoms with Crippen molar-refractivity contribution in [3.63, 3.8) is 0 Å². The van der Waals surface area contributed by atoms with Crippen LogP contribution in [0.5, 0.6) is 0 Å². The summed E-state index contributed by atoms with van der Waals surface area (Å²) in [5.41, 5.74) is 12.0. The van der Waals surface area contributed by atoms with Gasteiger partial charge in [-0.3, -0.25) is 0 Å². The largest absolute Gasteiger partial charge is 0.454 e. The number of thiophene rings is 1. The quantitative estimate of drug-likeness (QED) is 0.170. The lowest BCUT2D eigenvalue weighted by Crippen LogP contribution is -2.10. The maximum atomic E-state index is 6.69. The van der Waals surface area contributed by atoms with Crippen molar-refractivity contribution in [2.75, 3.05) is 4.90 Å². The minimum Gasteiger partial charge on any atom is -0.454 e. The molecule has 0 radical (unpaired) electrons. The molecule has 0 atom stereocenters. The van der Waals surface area contributed by atoms with Crippen LogP contribution in [0.1, 0.15) is 0 Å². The molecular formula is C52H33NOS. The van der Waals surface area contributed by atoms with Gasteiger partial charge in [-0.05, 0) is 98.8 Å². The third kappa shape index (κ3) is 5.40. The molecule has 55 heavy (non-hydrogen) atoms. The van der Waals surface area contributed by atoms with Crippen LogP contribution in [0.4, 0.5) is 17.1 Å². The van der Waals surface area contributed by atoms with Crippen LogP contribution in [-0.4, -0.2) is 0 Å². The molecule has 258 valence electrons. The van der Waals surface area contributed by atoms with Crippen molar-refractivity contribution in [2.45, 2.75) is 0 Å². The second-order valence-electron chi connectivity index (χ2n) is 14.1. The maximum Gasteiger partial charge on any atom is 0.159 e. The predicted octanol–water partition coefficient (Wildman–Crippen LogP) is 15.6. The summed E-state index contributed by atoms with van der Waals surface area (Å²) >= 11 is 1.86. The average molecular weight is 720 g/mol. The first-order valence-corrected chi connectivity index (χ1v) is 19.5. The third-order valence-corrected chi connectivity index (χ3v) is 12.0. The molecule has 0 aliphatic heterocycles. The zero-order valence-corrected chi connectivity index (χ0v) is 30.6. The number of furan rings is 1. The van der Waals surface area contributed by atoms with E-state index >= 15 is 0 Å². The summed E-state index contributed by atoms with van der Waals surface area (Å²) in [5, 5.41) is 7.30. The molecule has 2 heterocycles. The molecule has 0 aliphatic carbocycles. The summed E-state index contributed by atoms with van der Waals surface area (Å²) in [7, 11) is 0. The monoisotopic (exact) mass is 719 g/mol. The van der Waals surface area contributed by atoms with Gasteiger partial charge in [0.25, 0.3) is 0 Å². The number of hydrogen-bond donors (Lipinski definition) is 0. The molecule has 0 N–H and O–H groups in total. The summed E-state index contributed by atoms with van der Waals surface area (Å²) in [4.78, 5) is 2.35. The number of anilines is 3. The fraction of sp³-hybridized carbons (Fsp3) is 0. The highest BCUT2D eigenvalue weighted by Crippen LogP contribution is 2.46. The molecule has 11 aromatic rings. The summed E-state index contributed by atoms with van der Waals surface area (Å²) in [6.07, 6.45) is 0. The van der Waals surface area contributed by atoms with Crippen LogP contribution in [0.3, 0.4) is 0 Å². The Hall–Kier alpha value is -6.94. The van der Waals surface area contributed by atoms with E-state index in [1.54, 1.807) is 0 Å². The molecule has 0 bridgehead atoms. The number of benzene rings is 9. The van der Waals surface area contributed by atoms with Gasteiger partial charge in [-0.2, -0.15) is 0 Å². The van der Waals surface area contributed by atoms with Gasteiger partial charge in [0.15, 0.2) is 5.58 Å². The minimum absolute atomic E-state index is 0.864. The van der Waals surface area contributed by atoms with Gasteiger partial charge in [-0.1, -0.05) is 146 Å². The number of para-hydroxylation sites is 2. The van der Waals surface area contributed by atoms with E-state index in [2.05, 4.69) is 199 Å². The molecule has 0 aliphatic rings. The van der Waals surface area contributed by atoms with Crippen molar-refractivity contribution >= 4 is 81.3 Å². The third-order valence-electron chi connectivity index (χ3n) is 10.9. The second-order valence-corrected chi connectivity index (χ2v) is 15.2. The predicted molar refractivity (Wildman–Crippen MR) is 235 cm³/mol. The molecule has 0 saturated carbocycles. The Morgan fingerprint density at radius 2 is 1.05 bits per heavy atom. The number of fused-ring (bicyclic) bond motifs is 7. The molecule has 2 aromatic heterocycles. The van der Waals surface area contributed by atoms with Crippen molar-refractivity contribution in [1.29, 1.82) is 0 Å². The molecule has 0 fully saturated rings. The lowest BCUT2D eigenvalue weighted by molar-refractivity contribution is 0.669. The summed E-state index contributed by atoms with van der Waals surface area (Å²) < 4.78 is 9.28. The van der Waals surface area contributed by atoms with Crippen LogP contribution in [-0.2, 0) is 0 Å². The van der Waals surface area contributed by atoms with E-state index < -0.39 is 0 Å². The SMILES string of the molecule is c1ccc(-c2ccc(N(c3ccc(-c4ccc5ccccc5c4)cc3)c3cccc4c3oc3ccccc34)cc2-c2ccc3c(c2)sc2ccccc23)cc1. The van der Waals surface area contributed by atoms with Gasteiger partial charge in [0.2, 0.25) is 0 Å². The maximum absolute atomic E-state index is 6.69. The van der Waals surface area contributed by atoms with E-state index in [4.69, 9.17) is 4.42 Å². The number of rotatable bonds is 6. The standard InChI is InChI=1S/C52H33NOS/c1-2-12-36(13-3-1)42-30-28-41(33-47(42)39-25-29-45-44-16-7-9-20-50(44)55-51(45)32-39)53(48-18-10-17-46-43-15-6-8-19-49(43)54-52(46)48)40-26-23-35(24-27-40)38-22-21-34-11-4-5-14-37(34)31-38/h1-33H. The lowest BCUT2D eigenvalue weighted by Gasteiger charge is -2.27. The summed E-state index contributed by atoms with van der Waals surface area (Å²) in [6, 6.07) is 72.2. The van der Waals surface area contributed by atoms with E-state index in [0.717, 1.165) is 39.0 Å². The van der Waals surface area contributed by atoms with Gasteiger partial charge in [-0.15, -0.1) is 11.3 Å². The van der Waals surface area contributed by atoms with Crippen molar-refractivity contribution in [2.24, 2.45) is 0 Å². The van der Waals surface area contributed by atoms with Crippen LogP contribution in [0, 0.1) is 0 Å². The molecule has 9 aromatic carbocycles. The van der Waals surface area contributed by atoms with Crippen LogP contribution >= 0.6 is 11.3 Å². The van der Waals surface area contributed by atoms with Crippen LogP contribution in [0.15, 0.2) is 205 Å². The molecule has 0 spiro atoms. The Morgan fingerprint density at radius 3 is 1.95 bits per heavy atom. The highest BCUT2D eigenvalue weighted by atomic mass is 32.1. The summed E-state index contributed by atoms with van der Waals surface area (Å²) in [6.45, 7) is 0. The molecule has 0 saturated heterocycles. The van der Waals surface area contributed by atoms with Gasteiger partial charge in [0, 0.05) is 42.3 Å². The van der Waals surface area contributed by atoms with Crippen LogP contribution in [0.25, 0.3) is 86.3 Å². The first kappa shape index (κ1) is 31.6. The summed E-state index contributed by atoms with van der Waals surface area (Å²) in [5.74, 6) is 0. The Kier molecular flexibility index (Phi) is 7.39. The molecule has 3 heteroatoms. The minimum atomic E-state index is 0.864. The van der Waals surface area contributed by atoms with Gasteiger partial charge >= 0.3 is 0 Å². The second kappa shape index (κ2) is 12.9. The highest BCUT2D eigenvalue weighted by Gasteiger charge is 2.21. The van der Waals surface area contributed by atoms with Crippen LogP contribution < -0.4 is 4.90 Å². The van der Waals surface area contributed by atoms with Crippen molar-refractivity contribution < 1.29 is 4.42 Å². The molecule has 0 amide bonds. The van der Waals surface area contributed by atoms with Crippen molar-refractivity contribution in [3.05, 3.63) is 200 Å². The lowest BCUT2D eigenvalue weighted by atomic mass is 9.93. The normalized spacial score (nSPS) is 11.6. The Balaban J connectivity index is 1.12. The van der Waals surface area contributed by atoms with E-state index in [0.29, 0.717) is 0 Å². The topological polar surface area (TPSA) is 16.4 Å². The van der Waals surface area contributed by atoms with E-state index in [1.165, 1.54) is 64.3 Å². The van der Waals surface area contributed by atoms with Gasteiger partial charge in [0.1, 0.15) is 5.58 Å². The zero-order chi connectivity index (χ0) is 36.3. The van der Waals surface area contributed by atoms with Crippen molar-refractivity contribution in [1.82, 2.24) is 0 Å². The smallest absolute Gasteiger partial charge is 0.159 e. The fourth-order valence-corrected chi connectivity index (χ4v) is 9.33. The van der Waals surface area contributed by atoms with E-state index in [1.807, 2.05) is 17.4 Å². The fourth-order valence-electron chi connectivity index (χ4n) is 8.18. The Bertz CT molecular complexity index is 3210. The first-order chi connectivity index (χ1) is 27.2. The number of nitrogens with zero attached hydrogens (tertiary/aromatic N) is 1. The number of hydrogen-bond acceptors (Lipinski definition) is 3. The highest BCUT2D eigenvalue weighted by molar-refractivity contribution is 7.25. The van der Waals surface area contributed by atoms with Crippen molar-refractivity contribution in [3.8, 4) is 33.4 Å². The Labute approximate surface area is 322 Å². The molecular weight excluding hydrogens is 687 g/mol. The van der Waals surface area contributed by atoms with E-state index in [9.17, 15) is 0 Å². The average Bonchev–Trinajstić information content (AvgIpc) is 3.83. The van der Waals surface area contributed by atoms with Gasteiger partial charge in [0.05, 0.1) is 5.69 Å². The Morgan fingerprint density at radius 1 is 0.364 bits per heavy atom. The zero-order valence-electron chi connectivity index (χ0n) is 29.8. The van der Waals surface area contributed by atoms with Crippen LogP contribution in [0.2, 0.25) is 0 Å². The molecule has 2 nitrogen and oxygen atoms in total. The van der Waals surface area contributed by atoms with Gasteiger partial charge in [-0.25, -0.2) is 0 Å². The molecule has 0 unspecified atom stereocenters.